The molecule has 12 nitrogen and oxygen atoms in total. The quantitative estimate of drug-likeness (QED) is 0.352. The zero-order valence-corrected chi connectivity index (χ0v) is 26.6. The molecule has 1 aliphatic heterocycles. The highest BCUT2D eigenvalue weighted by molar-refractivity contribution is 5.79. The summed E-state index contributed by atoms with van der Waals surface area (Å²) in [5.74, 6) is -0.543. The smallest absolute Gasteiger partial charge is 0.223 e. The van der Waals surface area contributed by atoms with Gasteiger partial charge in [-0.25, -0.2) is 0 Å². The van der Waals surface area contributed by atoms with Crippen molar-refractivity contribution in [1.29, 1.82) is 0 Å². The van der Waals surface area contributed by atoms with Crippen molar-refractivity contribution in [2.75, 3.05) is 13.2 Å². The van der Waals surface area contributed by atoms with Crippen molar-refractivity contribution < 1.29 is 19.1 Å². The van der Waals surface area contributed by atoms with E-state index in [1.165, 1.54) is 0 Å². The number of hydrogen-bond donors (Lipinski definition) is 2. The highest BCUT2D eigenvalue weighted by Crippen LogP contribution is 2.12. The number of ether oxygens (including phenoxy) is 2. The number of carbonyl (C=O) groups is 2. The van der Waals surface area contributed by atoms with E-state index < -0.39 is 0 Å². The molecule has 5 rings (SSSR count). The summed E-state index contributed by atoms with van der Waals surface area (Å²) < 4.78 is 15.5. The van der Waals surface area contributed by atoms with E-state index in [-0.39, 0.29) is 48.9 Å². The molecule has 2 N–H and O–H groups in total. The number of amides is 2. The summed E-state index contributed by atoms with van der Waals surface area (Å²) >= 11 is 0. The van der Waals surface area contributed by atoms with E-state index in [2.05, 4.69) is 31.3 Å². The molecule has 0 spiro atoms. The van der Waals surface area contributed by atoms with Crippen LogP contribution in [0.5, 0.6) is 0 Å². The Kier molecular flexibility index (Phi) is 12.0. The van der Waals surface area contributed by atoms with Crippen LogP contribution in [0, 0.1) is 11.8 Å². The lowest BCUT2D eigenvalue weighted by Crippen LogP contribution is -2.42. The largest absolute Gasteiger partial charge is 0.373 e. The number of fused-ring (bicyclic) bond motifs is 4. The van der Waals surface area contributed by atoms with Gasteiger partial charge < -0.3 is 20.1 Å². The molecule has 12 heteroatoms. The van der Waals surface area contributed by atoms with Gasteiger partial charge >= 0.3 is 0 Å². The molecule has 0 radical (unpaired) electrons. The highest BCUT2D eigenvalue weighted by Gasteiger charge is 2.21. The minimum atomic E-state index is -0.239. The number of hydrogen-bond acceptors (Lipinski definition) is 8. The Labute approximate surface area is 269 Å². The second kappa shape index (κ2) is 16.8. The number of aryl methyl sites for hydroxylation is 2. The third-order valence-electron chi connectivity index (χ3n) is 8.13. The Morgan fingerprint density at radius 3 is 1.50 bits per heavy atom. The van der Waals surface area contributed by atoms with Crippen LogP contribution in [0.4, 0.5) is 0 Å². The monoisotopic (exact) mass is 628 g/mol. The lowest BCUT2D eigenvalue weighted by atomic mass is 10.0. The molecule has 1 aliphatic rings. The van der Waals surface area contributed by atoms with E-state index in [1.807, 2.05) is 86.9 Å². The first-order chi connectivity index (χ1) is 22.4. The summed E-state index contributed by atoms with van der Waals surface area (Å²) in [6, 6.07) is 19.7. The lowest BCUT2D eigenvalue weighted by molar-refractivity contribution is -0.126. The highest BCUT2D eigenvalue weighted by atomic mass is 16.5. The lowest BCUT2D eigenvalue weighted by Gasteiger charge is -2.21. The van der Waals surface area contributed by atoms with E-state index in [0.29, 0.717) is 63.4 Å². The predicted molar refractivity (Wildman–Crippen MR) is 171 cm³/mol. The standard InChI is InChI=1S/C34H44N8O4/c1-25-13-15-41-19-31(37-39-41)23-46-22-30(18-28-11-7-4-8-12-28)36-34(44)26(2)14-16-42-20-32(38-40-42)24-45-21-29(35-33(25)43)17-27-9-5-3-6-10-27/h3-12,19-20,25-26,29-30H,13-18,21-24H2,1-2H3,(H,35,43)(H,36,44)/t25-,26-,29-,30-/m1/s1. The molecule has 0 saturated heterocycles. The van der Waals surface area contributed by atoms with Crippen LogP contribution < -0.4 is 10.6 Å². The van der Waals surface area contributed by atoms with Crippen LogP contribution in [-0.2, 0) is 58.2 Å². The maximum absolute atomic E-state index is 13.2. The molecule has 0 unspecified atom stereocenters. The molecule has 4 atom stereocenters. The van der Waals surface area contributed by atoms with Gasteiger partial charge in [-0.1, -0.05) is 84.9 Å². The first kappa shape index (κ1) is 33.0. The van der Waals surface area contributed by atoms with Crippen LogP contribution in [0.25, 0.3) is 0 Å². The summed E-state index contributed by atoms with van der Waals surface area (Å²) in [7, 11) is 0. The van der Waals surface area contributed by atoms with Gasteiger partial charge in [-0.05, 0) is 36.8 Å². The van der Waals surface area contributed by atoms with Crippen LogP contribution in [0.2, 0.25) is 0 Å². The average Bonchev–Trinajstić information content (AvgIpc) is 3.72. The van der Waals surface area contributed by atoms with Gasteiger partial charge in [0.25, 0.3) is 0 Å². The Hall–Kier alpha value is -4.42. The topological polar surface area (TPSA) is 138 Å². The van der Waals surface area contributed by atoms with Crippen LogP contribution in [0.3, 0.4) is 0 Å². The van der Waals surface area contributed by atoms with Crippen LogP contribution >= 0.6 is 0 Å². The SMILES string of the molecule is C[C@@H]1CCn2cc(nn2)COC[C@@H](Cc2ccccc2)NC(=O)[C@H](C)CCn2cc(nn2)COC[C@@H](Cc2ccccc2)NC1=O. The maximum Gasteiger partial charge on any atom is 0.223 e. The Balaban J connectivity index is 1.27. The molecular formula is C34H44N8O4. The van der Waals surface area contributed by atoms with Gasteiger partial charge in [0.2, 0.25) is 11.8 Å². The molecule has 244 valence electrons. The van der Waals surface area contributed by atoms with Crippen molar-refractivity contribution in [2.24, 2.45) is 11.8 Å². The fourth-order valence-electron chi connectivity index (χ4n) is 5.34. The summed E-state index contributed by atoms with van der Waals surface area (Å²) in [4.78, 5) is 26.4. The zero-order chi connectivity index (χ0) is 32.1. The first-order valence-corrected chi connectivity index (χ1v) is 16.0. The van der Waals surface area contributed by atoms with E-state index in [4.69, 9.17) is 9.47 Å². The number of carbonyl (C=O) groups excluding carboxylic acids is 2. The van der Waals surface area contributed by atoms with Crippen LogP contribution in [0.1, 0.15) is 49.2 Å². The molecular weight excluding hydrogens is 584 g/mol. The molecule has 0 fully saturated rings. The maximum atomic E-state index is 13.2. The molecule has 0 saturated carbocycles. The zero-order valence-electron chi connectivity index (χ0n) is 26.6. The Morgan fingerprint density at radius 1 is 0.674 bits per heavy atom. The molecule has 4 bridgehead atoms. The molecule has 4 aromatic rings. The van der Waals surface area contributed by atoms with Crippen molar-refractivity contribution in [2.45, 2.75) is 77.9 Å². The molecule has 2 aromatic carbocycles. The van der Waals surface area contributed by atoms with Crippen molar-refractivity contribution >= 4 is 11.8 Å². The number of nitrogens with one attached hydrogen (secondary N) is 2. The van der Waals surface area contributed by atoms with Gasteiger partial charge in [-0.15, -0.1) is 10.2 Å². The Morgan fingerprint density at radius 2 is 1.09 bits per heavy atom. The first-order valence-electron chi connectivity index (χ1n) is 16.0. The third kappa shape index (κ3) is 10.3. The molecule has 0 aliphatic carbocycles. The average molecular weight is 629 g/mol. The molecule has 3 heterocycles. The van der Waals surface area contributed by atoms with Crippen LogP contribution in [-0.4, -0.2) is 67.1 Å². The number of rotatable bonds is 4. The van der Waals surface area contributed by atoms with Gasteiger partial charge in [-0.3, -0.25) is 19.0 Å². The second-order valence-corrected chi connectivity index (χ2v) is 12.1. The Bertz CT molecular complexity index is 1400. The van der Waals surface area contributed by atoms with Crippen molar-refractivity contribution in [3.8, 4) is 0 Å². The number of benzene rings is 2. The molecule has 2 aromatic heterocycles. The van der Waals surface area contributed by atoms with E-state index in [9.17, 15) is 9.59 Å². The summed E-state index contributed by atoms with van der Waals surface area (Å²) in [5, 5.41) is 23.4. The van der Waals surface area contributed by atoms with E-state index in [0.717, 1.165) is 11.1 Å². The van der Waals surface area contributed by atoms with E-state index in [1.54, 1.807) is 9.36 Å². The van der Waals surface area contributed by atoms with E-state index >= 15 is 0 Å². The predicted octanol–water partition coefficient (Wildman–Crippen LogP) is 3.12. The molecule has 46 heavy (non-hydrogen) atoms. The van der Waals surface area contributed by atoms with Gasteiger partial charge in [-0.2, -0.15) is 0 Å². The van der Waals surface area contributed by atoms with Crippen molar-refractivity contribution in [3.63, 3.8) is 0 Å². The fourth-order valence-corrected chi connectivity index (χ4v) is 5.34. The van der Waals surface area contributed by atoms with Gasteiger partial charge in [0, 0.05) is 24.9 Å². The summed E-state index contributed by atoms with van der Waals surface area (Å²) in [6.07, 6.45) is 6.17. The summed E-state index contributed by atoms with van der Waals surface area (Å²) in [5.41, 5.74) is 3.61. The number of aromatic nitrogens is 6. The van der Waals surface area contributed by atoms with Crippen LogP contribution in [0.15, 0.2) is 73.1 Å². The third-order valence-corrected chi connectivity index (χ3v) is 8.13. The van der Waals surface area contributed by atoms with Gasteiger partial charge in [0.05, 0.1) is 50.9 Å². The second-order valence-electron chi connectivity index (χ2n) is 12.1. The fraction of sp³-hybridized carbons (Fsp3) is 0.471. The number of nitrogens with zero attached hydrogens (tertiary/aromatic N) is 6. The molecule has 2 amide bonds. The van der Waals surface area contributed by atoms with Gasteiger partial charge in [0.1, 0.15) is 11.4 Å². The van der Waals surface area contributed by atoms with Crippen molar-refractivity contribution in [1.82, 2.24) is 40.6 Å². The van der Waals surface area contributed by atoms with Crippen molar-refractivity contribution in [3.05, 3.63) is 95.6 Å². The summed E-state index contributed by atoms with van der Waals surface area (Å²) in [6.45, 7) is 6.11. The minimum absolute atomic E-state index is 0.0331. The van der Waals surface area contributed by atoms with Gasteiger partial charge in [0.15, 0.2) is 0 Å². The normalized spacial score (nSPS) is 22.7. The minimum Gasteiger partial charge on any atom is -0.373 e.